The molecule has 0 spiro atoms. The van der Waals surface area contributed by atoms with Crippen molar-refractivity contribution in [2.75, 3.05) is 4.90 Å². The summed E-state index contributed by atoms with van der Waals surface area (Å²) in [4.78, 5) is 1.59. The minimum atomic E-state index is -0.320. The third-order valence-electron chi connectivity index (χ3n) is 9.25. The van der Waals surface area contributed by atoms with Crippen LogP contribution in [0.2, 0.25) is 0 Å². The van der Waals surface area contributed by atoms with Gasteiger partial charge in [0, 0.05) is 16.6 Å². The zero-order valence-corrected chi connectivity index (χ0v) is 27.6. The van der Waals surface area contributed by atoms with Crippen LogP contribution >= 0.6 is 0 Å². The molecule has 240 valence electrons. The van der Waals surface area contributed by atoms with Gasteiger partial charge in [-0.25, -0.2) is 0 Å². The molecule has 0 fully saturated rings. The Balaban J connectivity index is 1.42. The molecular formula is C50H35N. The third-order valence-corrected chi connectivity index (χ3v) is 9.25. The predicted octanol–water partition coefficient (Wildman–Crippen LogP) is 14.1. The Labute approximate surface area is 309 Å². The lowest BCUT2D eigenvalue weighted by Crippen LogP contribution is -2.12. The van der Waals surface area contributed by atoms with Gasteiger partial charge in [-0.1, -0.05) is 182 Å². The van der Waals surface area contributed by atoms with Crippen molar-refractivity contribution in [3.8, 4) is 44.5 Å². The molecule has 0 aromatic heterocycles. The standard InChI is InChI=1S/C50H35N/c1-4-15-36(16-5-1)42-30-34-49(47(35-42)39-19-8-3-9-20-39)51(48-26-14-23-37-21-10-12-24-44(37)48)43-31-27-41(28-32-43)50-45-25-13-11-22-40(45)29-33-46(50)38-17-6-2-7-18-38/h1-35H/i27D,28D,30D,31D,32D,34D,35D. The summed E-state index contributed by atoms with van der Waals surface area (Å²) in [6.45, 7) is 0. The Hall–Kier alpha value is -6.70. The van der Waals surface area contributed by atoms with Crippen LogP contribution in [0.15, 0.2) is 212 Å². The van der Waals surface area contributed by atoms with E-state index in [-0.39, 0.29) is 64.8 Å². The molecule has 0 amide bonds. The highest BCUT2D eigenvalue weighted by molar-refractivity contribution is 6.05. The Bertz CT molecular complexity index is 2990. The van der Waals surface area contributed by atoms with Crippen molar-refractivity contribution < 1.29 is 9.60 Å². The fraction of sp³-hybridized carbons (Fsp3) is 0. The number of anilines is 3. The van der Waals surface area contributed by atoms with Gasteiger partial charge in [0.2, 0.25) is 0 Å². The Morgan fingerprint density at radius 2 is 0.863 bits per heavy atom. The van der Waals surface area contributed by atoms with Crippen molar-refractivity contribution >= 4 is 38.6 Å². The molecule has 0 saturated carbocycles. The number of benzene rings is 9. The highest BCUT2D eigenvalue weighted by Crippen LogP contribution is 2.46. The van der Waals surface area contributed by atoms with Gasteiger partial charge in [0.15, 0.2) is 0 Å². The van der Waals surface area contributed by atoms with Crippen LogP contribution in [0.5, 0.6) is 0 Å². The molecule has 0 radical (unpaired) electrons. The summed E-state index contributed by atoms with van der Waals surface area (Å²) in [5, 5.41) is 3.27. The van der Waals surface area contributed by atoms with Crippen LogP contribution in [-0.2, 0) is 0 Å². The second-order valence-electron chi connectivity index (χ2n) is 12.3. The van der Waals surface area contributed by atoms with Crippen LogP contribution in [0, 0.1) is 0 Å². The summed E-state index contributed by atoms with van der Waals surface area (Å²) in [5.74, 6) is 0. The van der Waals surface area contributed by atoms with Crippen LogP contribution in [0.3, 0.4) is 0 Å². The summed E-state index contributed by atoms with van der Waals surface area (Å²) in [6.07, 6.45) is 0. The summed E-state index contributed by atoms with van der Waals surface area (Å²) in [7, 11) is 0. The van der Waals surface area contributed by atoms with Gasteiger partial charge in [-0.2, -0.15) is 0 Å². The minimum Gasteiger partial charge on any atom is -0.309 e. The molecule has 9 aromatic carbocycles. The molecule has 0 unspecified atom stereocenters. The number of hydrogen-bond donors (Lipinski definition) is 0. The van der Waals surface area contributed by atoms with Gasteiger partial charge in [-0.3, -0.25) is 0 Å². The van der Waals surface area contributed by atoms with Gasteiger partial charge < -0.3 is 4.90 Å². The second-order valence-corrected chi connectivity index (χ2v) is 12.3. The van der Waals surface area contributed by atoms with E-state index in [0.29, 0.717) is 27.9 Å². The topological polar surface area (TPSA) is 3.24 Å². The summed E-state index contributed by atoms with van der Waals surface area (Å²) >= 11 is 0. The SMILES string of the molecule is [2H]c1c([2H])c(N(c2c([2H])c([2H])c(-c3c(-c4ccccc4)ccc4ccccc34)c([2H])c2[2H])c2cccc3ccccc23)c(-c2ccccc2)c([2H])c1-c1ccccc1. The number of nitrogens with zero attached hydrogens (tertiary/aromatic N) is 1. The third kappa shape index (κ3) is 5.75. The van der Waals surface area contributed by atoms with E-state index in [1.807, 2.05) is 170 Å². The zero-order valence-electron chi connectivity index (χ0n) is 34.6. The molecule has 0 heterocycles. The van der Waals surface area contributed by atoms with E-state index in [2.05, 4.69) is 0 Å². The molecule has 9 aromatic rings. The first-order chi connectivity index (χ1) is 28.3. The van der Waals surface area contributed by atoms with Crippen LogP contribution in [0.4, 0.5) is 17.1 Å². The van der Waals surface area contributed by atoms with Crippen molar-refractivity contribution in [1.29, 1.82) is 0 Å². The van der Waals surface area contributed by atoms with Gasteiger partial charge in [0.05, 0.1) is 21.0 Å². The molecule has 51 heavy (non-hydrogen) atoms. The van der Waals surface area contributed by atoms with Crippen molar-refractivity contribution in [3.05, 3.63) is 212 Å². The first kappa shape index (κ1) is 23.6. The van der Waals surface area contributed by atoms with Crippen LogP contribution in [0.25, 0.3) is 66.1 Å². The maximum absolute atomic E-state index is 9.89. The van der Waals surface area contributed by atoms with E-state index in [4.69, 9.17) is 0 Å². The molecular weight excluding hydrogens is 615 g/mol. The van der Waals surface area contributed by atoms with Crippen molar-refractivity contribution in [3.63, 3.8) is 0 Å². The quantitative estimate of drug-likeness (QED) is 0.165. The first-order valence-corrected chi connectivity index (χ1v) is 17.0. The van der Waals surface area contributed by atoms with Gasteiger partial charge in [0.25, 0.3) is 0 Å². The van der Waals surface area contributed by atoms with Gasteiger partial charge in [0.1, 0.15) is 0 Å². The fourth-order valence-corrected chi connectivity index (χ4v) is 6.83. The Kier molecular flexibility index (Phi) is 6.16. The maximum Gasteiger partial charge on any atom is 0.0645 e. The van der Waals surface area contributed by atoms with Crippen molar-refractivity contribution in [2.24, 2.45) is 0 Å². The fourth-order valence-electron chi connectivity index (χ4n) is 6.83. The lowest BCUT2D eigenvalue weighted by atomic mass is 9.89. The molecule has 0 saturated heterocycles. The normalized spacial score (nSPS) is 13.1. The average Bonchev–Trinajstić information content (AvgIpc) is 3.27. The summed E-state index contributed by atoms with van der Waals surface area (Å²) in [6, 6.07) is 51.6. The predicted molar refractivity (Wildman–Crippen MR) is 218 cm³/mol. The van der Waals surface area contributed by atoms with E-state index in [0.717, 1.165) is 32.7 Å². The molecule has 1 nitrogen and oxygen atoms in total. The molecule has 1 heteroatoms. The van der Waals surface area contributed by atoms with Crippen LogP contribution < -0.4 is 4.90 Å². The van der Waals surface area contributed by atoms with Crippen molar-refractivity contribution in [1.82, 2.24) is 0 Å². The van der Waals surface area contributed by atoms with E-state index in [1.165, 1.54) is 0 Å². The Morgan fingerprint density at radius 1 is 0.333 bits per heavy atom. The molecule has 9 rings (SSSR count). The van der Waals surface area contributed by atoms with Gasteiger partial charge in [-0.15, -0.1) is 0 Å². The highest BCUT2D eigenvalue weighted by atomic mass is 15.1. The molecule has 0 aliphatic rings. The van der Waals surface area contributed by atoms with Gasteiger partial charge in [-0.05, 0) is 85.3 Å². The smallest absolute Gasteiger partial charge is 0.0645 e. The lowest BCUT2D eigenvalue weighted by Gasteiger charge is -2.30. The lowest BCUT2D eigenvalue weighted by molar-refractivity contribution is 1.30. The van der Waals surface area contributed by atoms with Crippen LogP contribution in [-0.4, -0.2) is 0 Å². The van der Waals surface area contributed by atoms with Gasteiger partial charge >= 0.3 is 0 Å². The van der Waals surface area contributed by atoms with E-state index in [1.54, 1.807) is 4.90 Å². The molecule has 0 aliphatic carbocycles. The molecule has 0 N–H and O–H groups in total. The average molecular weight is 657 g/mol. The number of fused-ring (bicyclic) bond motifs is 2. The zero-order chi connectivity index (χ0) is 40.1. The highest BCUT2D eigenvalue weighted by Gasteiger charge is 2.21. The Morgan fingerprint density at radius 3 is 1.55 bits per heavy atom. The monoisotopic (exact) mass is 656 g/mol. The summed E-state index contributed by atoms with van der Waals surface area (Å²) in [5.41, 5.74) is 4.73. The second kappa shape index (κ2) is 13.3. The van der Waals surface area contributed by atoms with E-state index in [9.17, 15) is 9.60 Å². The van der Waals surface area contributed by atoms with Crippen molar-refractivity contribution in [2.45, 2.75) is 0 Å². The molecule has 0 aliphatic heterocycles. The maximum atomic E-state index is 9.89. The van der Waals surface area contributed by atoms with E-state index >= 15 is 0 Å². The van der Waals surface area contributed by atoms with E-state index < -0.39 is 0 Å². The molecule has 0 atom stereocenters. The van der Waals surface area contributed by atoms with Crippen LogP contribution in [0.1, 0.15) is 9.60 Å². The first-order valence-electron chi connectivity index (χ1n) is 20.5. The number of hydrogen-bond acceptors (Lipinski definition) is 1. The largest absolute Gasteiger partial charge is 0.309 e. The molecule has 0 bridgehead atoms. The minimum absolute atomic E-state index is 0.00812. The summed E-state index contributed by atoms with van der Waals surface area (Å²) < 4.78 is 68.4. The number of rotatable bonds is 7.